The Morgan fingerprint density at radius 2 is 1.79 bits per heavy atom. The van der Waals surface area contributed by atoms with Crippen molar-refractivity contribution in [2.75, 3.05) is 0 Å². The van der Waals surface area contributed by atoms with E-state index in [0.717, 1.165) is 4.85 Å². The Bertz CT molecular complexity index is 1930. The molecule has 42 heavy (non-hydrogen) atoms. The van der Waals surface area contributed by atoms with E-state index in [1.165, 1.54) is 18.3 Å². The number of pyridine rings is 3. The Balaban J connectivity index is 1.54. The molecular formula is C25H14F7N7O3. The third-order valence-corrected chi connectivity index (χ3v) is 6.46. The molecule has 4 aromatic heterocycles. The molecular weight excluding hydrogens is 579 g/mol. The van der Waals surface area contributed by atoms with E-state index in [2.05, 4.69) is 20.3 Å². The zero-order valence-electron chi connectivity index (χ0n) is 20.7. The van der Waals surface area contributed by atoms with Gasteiger partial charge in [-0.05, 0) is 42.2 Å². The van der Waals surface area contributed by atoms with Gasteiger partial charge in [-0.15, -0.1) is 5.10 Å². The molecule has 0 aliphatic heterocycles. The van der Waals surface area contributed by atoms with Gasteiger partial charge in [0.05, 0.1) is 5.39 Å². The van der Waals surface area contributed by atoms with Crippen LogP contribution in [0.5, 0.6) is 5.88 Å². The predicted molar refractivity (Wildman–Crippen MR) is 129 cm³/mol. The van der Waals surface area contributed by atoms with Gasteiger partial charge in [0, 0.05) is 24.5 Å². The predicted octanol–water partition coefficient (Wildman–Crippen LogP) is 3.99. The highest BCUT2D eigenvalue weighted by atomic mass is 19.4. The summed E-state index contributed by atoms with van der Waals surface area (Å²) in [5.41, 5.74) is -3.80. The minimum atomic E-state index is -4.86. The fourth-order valence-corrected chi connectivity index (χ4v) is 4.38. The van der Waals surface area contributed by atoms with Crippen LogP contribution in [0.3, 0.4) is 0 Å². The number of aromatic nitrogens is 6. The quantitative estimate of drug-likeness (QED) is 0.296. The molecule has 216 valence electrons. The van der Waals surface area contributed by atoms with Crippen LogP contribution >= 0.6 is 0 Å². The van der Waals surface area contributed by atoms with Gasteiger partial charge in [0.2, 0.25) is 11.1 Å². The number of carbonyl (C=O) groups excluding carboxylic acids is 1. The third-order valence-electron chi connectivity index (χ3n) is 6.46. The molecule has 4 heterocycles. The molecule has 1 unspecified atom stereocenters. The van der Waals surface area contributed by atoms with Gasteiger partial charge in [0.1, 0.15) is 23.1 Å². The first-order valence-corrected chi connectivity index (χ1v) is 12.1. The summed E-state index contributed by atoms with van der Waals surface area (Å²) in [4.78, 5) is 40.1. The molecule has 0 spiro atoms. The molecule has 1 aliphatic rings. The van der Waals surface area contributed by atoms with E-state index in [4.69, 9.17) is 4.84 Å². The van der Waals surface area contributed by atoms with E-state index >= 15 is 4.39 Å². The molecule has 0 bridgehead atoms. The highest BCUT2D eigenvalue weighted by Gasteiger charge is 2.50. The Labute approximate surface area is 228 Å². The lowest BCUT2D eigenvalue weighted by molar-refractivity contribution is -0.158. The molecule has 1 aromatic carbocycles. The van der Waals surface area contributed by atoms with Gasteiger partial charge in [0.25, 0.3) is 11.8 Å². The molecule has 1 atom stereocenters. The summed E-state index contributed by atoms with van der Waals surface area (Å²) in [6.45, 7) is 0. The summed E-state index contributed by atoms with van der Waals surface area (Å²) in [5, 5.41) is 8.36. The number of nitrogens with one attached hydrogen (secondary N) is 1. The number of hydrogen-bond acceptors (Lipinski definition) is 7. The molecule has 1 saturated carbocycles. The standard InChI is InChI=1S/C25H14F7N7O3/c26-11-6-14(27)18(15(28)7-11)38-9-13(23(41)34-20(10-3-4-10)25(30,31)32)19(40)12-8-16(29)24(35-22(12)38)42-39-17-2-1-5-33-21(17)36-37-39/h1-2,5-10,20H,3-4H2,(H,34,41). The molecule has 0 radical (unpaired) electrons. The SMILES string of the molecule is O=C(NC(C1CC1)C(F)(F)F)c1cn(-c2c(F)cc(F)cc2F)c2nc(On3nnc4ncccc43)c(F)cc2c1=O. The van der Waals surface area contributed by atoms with E-state index in [1.807, 2.05) is 0 Å². The summed E-state index contributed by atoms with van der Waals surface area (Å²) in [6, 6.07) is 1.74. The second kappa shape index (κ2) is 9.78. The number of alkyl halides is 3. The van der Waals surface area contributed by atoms with Crippen LogP contribution in [0.2, 0.25) is 0 Å². The van der Waals surface area contributed by atoms with E-state index < -0.39 is 80.9 Å². The van der Waals surface area contributed by atoms with Crippen molar-refractivity contribution in [3.8, 4) is 11.6 Å². The Kier molecular flexibility index (Phi) is 6.31. The second-order valence-electron chi connectivity index (χ2n) is 9.34. The van der Waals surface area contributed by atoms with Crippen molar-refractivity contribution in [2.45, 2.75) is 25.1 Å². The molecule has 5 aromatic rings. The molecule has 0 saturated heterocycles. The smallest absolute Gasteiger partial charge is 0.340 e. The highest BCUT2D eigenvalue weighted by Crippen LogP contribution is 2.40. The lowest BCUT2D eigenvalue weighted by atomic mass is 10.1. The topological polar surface area (TPSA) is 117 Å². The normalized spacial score (nSPS) is 14.4. The molecule has 1 amide bonds. The molecule has 1 N–H and O–H groups in total. The number of nitrogens with zero attached hydrogens (tertiary/aromatic N) is 6. The zero-order chi connectivity index (χ0) is 29.9. The van der Waals surface area contributed by atoms with Crippen LogP contribution in [-0.2, 0) is 0 Å². The Morgan fingerprint density at radius 3 is 2.45 bits per heavy atom. The van der Waals surface area contributed by atoms with Gasteiger partial charge < -0.3 is 10.2 Å². The van der Waals surface area contributed by atoms with Gasteiger partial charge >= 0.3 is 6.18 Å². The first-order chi connectivity index (χ1) is 19.9. The van der Waals surface area contributed by atoms with Crippen LogP contribution in [-0.4, -0.2) is 47.8 Å². The van der Waals surface area contributed by atoms with Crippen molar-refractivity contribution >= 4 is 28.1 Å². The number of benzene rings is 1. The van der Waals surface area contributed by atoms with Gasteiger partial charge in [-0.2, -0.15) is 18.2 Å². The molecule has 10 nitrogen and oxygen atoms in total. The van der Waals surface area contributed by atoms with Gasteiger partial charge in [-0.25, -0.2) is 22.5 Å². The maximum Gasteiger partial charge on any atom is 0.408 e. The minimum Gasteiger partial charge on any atom is -0.340 e. The summed E-state index contributed by atoms with van der Waals surface area (Å²) >= 11 is 0. The summed E-state index contributed by atoms with van der Waals surface area (Å²) in [5.74, 6) is -9.03. The maximum atomic E-state index is 15.2. The van der Waals surface area contributed by atoms with Crippen LogP contribution in [0.15, 0.2) is 47.5 Å². The van der Waals surface area contributed by atoms with Crippen molar-refractivity contribution in [1.29, 1.82) is 0 Å². The second-order valence-corrected chi connectivity index (χ2v) is 9.34. The third kappa shape index (κ3) is 4.75. The van der Waals surface area contributed by atoms with Crippen LogP contribution in [0.1, 0.15) is 23.2 Å². The van der Waals surface area contributed by atoms with Gasteiger partial charge in [0.15, 0.2) is 28.6 Å². The largest absolute Gasteiger partial charge is 0.408 e. The van der Waals surface area contributed by atoms with E-state index in [1.54, 1.807) is 5.32 Å². The number of fused-ring (bicyclic) bond motifs is 2. The number of halogens is 7. The van der Waals surface area contributed by atoms with Gasteiger partial charge in [-0.3, -0.25) is 14.2 Å². The van der Waals surface area contributed by atoms with Crippen LogP contribution in [0, 0.1) is 29.2 Å². The van der Waals surface area contributed by atoms with Crippen LogP contribution in [0.25, 0.3) is 27.9 Å². The number of hydrogen-bond donors (Lipinski definition) is 1. The highest BCUT2D eigenvalue weighted by molar-refractivity contribution is 5.97. The van der Waals surface area contributed by atoms with Crippen molar-refractivity contribution < 1.29 is 40.4 Å². The van der Waals surface area contributed by atoms with Crippen molar-refractivity contribution in [3.05, 3.63) is 81.8 Å². The fourth-order valence-electron chi connectivity index (χ4n) is 4.38. The molecule has 1 fully saturated rings. The van der Waals surface area contributed by atoms with E-state index in [0.29, 0.717) is 16.8 Å². The average Bonchev–Trinajstić information content (AvgIpc) is 3.68. The monoisotopic (exact) mass is 593 g/mol. The lowest BCUT2D eigenvalue weighted by Gasteiger charge is -2.21. The summed E-state index contributed by atoms with van der Waals surface area (Å²) < 4.78 is 99.8. The van der Waals surface area contributed by atoms with Crippen molar-refractivity contribution in [1.82, 2.24) is 35.0 Å². The van der Waals surface area contributed by atoms with Crippen LogP contribution in [0.4, 0.5) is 30.7 Å². The molecule has 17 heteroatoms. The number of carbonyl (C=O) groups is 1. The average molecular weight is 593 g/mol. The molecule has 6 rings (SSSR count). The van der Waals surface area contributed by atoms with E-state index in [-0.39, 0.29) is 36.1 Å². The fraction of sp³-hybridized carbons (Fsp3) is 0.200. The summed E-state index contributed by atoms with van der Waals surface area (Å²) in [7, 11) is 0. The Morgan fingerprint density at radius 1 is 1.07 bits per heavy atom. The number of rotatable bonds is 6. The maximum absolute atomic E-state index is 15.2. The first kappa shape index (κ1) is 27.1. The van der Waals surface area contributed by atoms with E-state index in [9.17, 15) is 35.9 Å². The summed E-state index contributed by atoms with van der Waals surface area (Å²) in [6.07, 6.45) is -2.58. The van der Waals surface area contributed by atoms with Gasteiger partial charge in [-0.1, -0.05) is 4.85 Å². The van der Waals surface area contributed by atoms with Crippen LogP contribution < -0.4 is 15.6 Å². The van der Waals surface area contributed by atoms with Crippen molar-refractivity contribution in [2.24, 2.45) is 5.92 Å². The first-order valence-electron chi connectivity index (χ1n) is 12.1. The number of amides is 1. The Hall–Kier alpha value is -5.09. The van der Waals surface area contributed by atoms with Crippen molar-refractivity contribution in [3.63, 3.8) is 0 Å². The lowest BCUT2D eigenvalue weighted by Crippen LogP contribution is -2.48. The zero-order valence-corrected chi connectivity index (χ0v) is 20.7. The molecule has 1 aliphatic carbocycles. The minimum absolute atomic E-state index is 0.102.